The van der Waals surface area contributed by atoms with Gasteiger partial charge in [0.25, 0.3) is 5.69 Å². The van der Waals surface area contributed by atoms with Gasteiger partial charge in [-0.3, -0.25) is 14.9 Å². The average Bonchev–Trinajstić information content (AvgIpc) is 2.71. The minimum atomic E-state index is -1.11. The van der Waals surface area contributed by atoms with Gasteiger partial charge in [-0.15, -0.1) is 0 Å². The van der Waals surface area contributed by atoms with Gasteiger partial charge in [-0.25, -0.2) is 4.79 Å². The lowest BCUT2D eigenvalue weighted by Crippen LogP contribution is -2.36. The van der Waals surface area contributed by atoms with Crippen molar-refractivity contribution < 1.29 is 19.6 Å². The maximum absolute atomic E-state index is 11.2. The zero-order valence-electron chi connectivity index (χ0n) is 9.20. The van der Waals surface area contributed by atoms with Crippen LogP contribution in [0.5, 0.6) is 0 Å². The van der Waals surface area contributed by atoms with Crippen LogP contribution in [0.1, 0.15) is 17.9 Å². The lowest BCUT2D eigenvalue weighted by atomic mass is 9.92. The average molecular weight is 250 g/mol. The summed E-state index contributed by atoms with van der Waals surface area (Å²) in [6, 6.07) is 4.60. The third-order valence-electron chi connectivity index (χ3n) is 2.92. The molecule has 7 heteroatoms. The Morgan fingerprint density at radius 3 is 2.50 bits per heavy atom. The summed E-state index contributed by atoms with van der Waals surface area (Å²) in [5, 5.41) is 21.9. The molecule has 1 aliphatic rings. The van der Waals surface area contributed by atoms with E-state index in [0.717, 1.165) is 0 Å². The van der Waals surface area contributed by atoms with Gasteiger partial charge in [0.1, 0.15) is 6.04 Å². The second kappa shape index (κ2) is 4.44. The van der Waals surface area contributed by atoms with Gasteiger partial charge < -0.3 is 10.4 Å². The van der Waals surface area contributed by atoms with E-state index in [1.165, 1.54) is 24.3 Å². The van der Waals surface area contributed by atoms with Crippen molar-refractivity contribution in [1.82, 2.24) is 5.32 Å². The first kappa shape index (κ1) is 12.0. The Labute approximate surface area is 102 Å². The van der Waals surface area contributed by atoms with E-state index in [4.69, 9.17) is 5.11 Å². The molecule has 1 fully saturated rings. The molecule has 2 rings (SSSR count). The number of nitrogens with zero attached hydrogens (tertiary/aromatic N) is 1. The highest BCUT2D eigenvalue weighted by Gasteiger charge is 2.38. The molecule has 18 heavy (non-hydrogen) atoms. The van der Waals surface area contributed by atoms with E-state index in [-0.39, 0.29) is 18.0 Å². The predicted octanol–water partition coefficient (Wildman–Crippen LogP) is 0.651. The number of carbonyl (C=O) groups is 2. The monoisotopic (exact) mass is 250 g/mol. The van der Waals surface area contributed by atoms with Crippen molar-refractivity contribution in [3.8, 4) is 0 Å². The smallest absolute Gasteiger partial charge is 0.326 e. The van der Waals surface area contributed by atoms with Crippen LogP contribution in [0.4, 0.5) is 5.69 Å². The van der Waals surface area contributed by atoms with Crippen LogP contribution >= 0.6 is 0 Å². The molecular weight excluding hydrogens is 240 g/mol. The van der Waals surface area contributed by atoms with Crippen molar-refractivity contribution >= 4 is 17.6 Å². The molecule has 0 aliphatic carbocycles. The van der Waals surface area contributed by atoms with Crippen LogP contribution in [0, 0.1) is 10.1 Å². The molecule has 0 radical (unpaired) electrons. The topological polar surface area (TPSA) is 110 Å². The van der Waals surface area contributed by atoms with Crippen molar-refractivity contribution in [3.05, 3.63) is 39.9 Å². The predicted molar refractivity (Wildman–Crippen MR) is 60.0 cm³/mol. The first-order valence-electron chi connectivity index (χ1n) is 5.25. The normalized spacial score (nSPS) is 22.6. The second-order valence-corrected chi connectivity index (χ2v) is 4.04. The van der Waals surface area contributed by atoms with Gasteiger partial charge in [-0.1, -0.05) is 12.1 Å². The third-order valence-corrected chi connectivity index (χ3v) is 2.92. The molecule has 1 aromatic rings. The van der Waals surface area contributed by atoms with Gasteiger partial charge in [-0.2, -0.15) is 0 Å². The molecular formula is C11H10N2O5. The maximum atomic E-state index is 11.2. The van der Waals surface area contributed by atoms with Crippen molar-refractivity contribution in [2.24, 2.45) is 0 Å². The molecule has 94 valence electrons. The lowest BCUT2D eigenvalue weighted by molar-refractivity contribution is -0.384. The minimum absolute atomic E-state index is 0.0668. The Bertz CT molecular complexity index is 511. The van der Waals surface area contributed by atoms with Crippen molar-refractivity contribution in [2.45, 2.75) is 18.4 Å². The summed E-state index contributed by atoms with van der Waals surface area (Å²) in [7, 11) is 0. The number of nitro benzene ring substituents is 1. The number of rotatable bonds is 3. The van der Waals surface area contributed by atoms with Crippen molar-refractivity contribution in [2.75, 3.05) is 0 Å². The quantitative estimate of drug-likeness (QED) is 0.604. The molecule has 1 aliphatic heterocycles. The first-order valence-corrected chi connectivity index (χ1v) is 5.25. The number of non-ortho nitro benzene ring substituents is 1. The molecule has 1 amide bonds. The highest BCUT2D eigenvalue weighted by Crippen LogP contribution is 2.29. The van der Waals surface area contributed by atoms with E-state index in [9.17, 15) is 19.7 Å². The Morgan fingerprint density at radius 2 is 2.00 bits per heavy atom. The van der Waals surface area contributed by atoms with Gasteiger partial charge in [0, 0.05) is 24.5 Å². The highest BCUT2D eigenvalue weighted by molar-refractivity contribution is 5.89. The van der Waals surface area contributed by atoms with Gasteiger partial charge >= 0.3 is 5.97 Å². The van der Waals surface area contributed by atoms with Crippen LogP contribution in [-0.4, -0.2) is 27.9 Å². The van der Waals surface area contributed by atoms with Gasteiger partial charge in [0.15, 0.2) is 0 Å². The van der Waals surface area contributed by atoms with E-state index < -0.39 is 22.9 Å². The number of benzene rings is 1. The molecule has 1 saturated heterocycles. The number of carbonyl (C=O) groups excluding carboxylic acids is 1. The van der Waals surface area contributed by atoms with Gasteiger partial charge in [0.2, 0.25) is 5.91 Å². The van der Waals surface area contributed by atoms with Crippen LogP contribution in [0.2, 0.25) is 0 Å². The Kier molecular flexibility index (Phi) is 2.97. The summed E-state index contributed by atoms with van der Waals surface area (Å²) in [5.41, 5.74) is 0.536. The summed E-state index contributed by atoms with van der Waals surface area (Å²) in [4.78, 5) is 32.2. The summed E-state index contributed by atoms with van der Waals surface area (Å²) < 4.78 is 0. The fraction of sp³-hybridized carbons (Fsp3) is 0.273. The largest absolute Gasteiger partial charge is 0.480 e. The SMILES string of the molecule is O=C1CC(c2ccc([N+](=O)[O-])cc2)C(C(=O)O)N1. The molecule has 2 unspecified atom stereocenters. The number of hydrogen-bond acceptors (Lipinski definition) is 4. The zero-order chi connectivity index (χ0) is 13.3. The Hall–Kier alpha value is -2.44. The Balaban J connectivity index is 2.27. The summed E-state index contributed by atoms with van der Waals surface area (Å²) in [6.45, 7) is 0. The van der Waals surface area contributed by atoms with Gasteiger partial charge in [0.05, 0.1) is 4.92 Å². The number of hydrogen-bond donors (Lipinski definition) is 2. The van der Waals surface area contributed by atoms with E-state index >= 15 is 0 Å². The number of carboxylic acids is 1. The van der Waals surface area contributed by atoms with Crippen molar-refractivity contribution in [3.63, 3.8) is 0 Å². The second-order valence-electron chi connectivity index (χ2n) is 4.04. The molecule has 0 saturated carbocycles. The van der Waals surface area contributed by atoms with Crippen LogP contribution in [0.3, 0.4) is 0 Å². The summed E-state index contributed by atoms with van der Waals surface area (Å²) in [6.07, 6.45) is 0.0782. The van der Waals surface area contributed by atoms with Crippen LogP contribution in [0.15, 0.2) is 24.3 Å². The number of nitrogens with one attached hydrogen (secondary N) is 1. The van der Waals surface area contributed by atoms with E-state index in [1.807, 2.05) is 0 Å². The molecule has 2 N–H and O–H groups in total. The number of aliphatic carboxylic acids is 1. The molecule has 1 aromatic carbocycles. The Morgan fingerprint density at radius 1 is 1.39 bits per heavy atom. The third kappa shape index (κ3) is 2.15. The van der Waals surface area contributed by atoms with E-state index in [0.29, 0.717) is 5.56 Å². The molecule has 2 atom stereocenters. The minimum Gasteiger partial charge on any atom is -0.480 e. The van der Waals surface area contributed by atoms with Crippen LogP contribution in [0.25, 0.3) is 0 Å². The highest BCUT2D eigenvalue weighted by atomic mass is 16.6. The number of carboxylic acid groups (broad SMARTS) is 1. The molecule has 0 aromatic heterocycles. The molecule has 0 spiro atoms. The summed E-state index contributed by atoms with van der Waals surface area (Å²) >= 11 is 0. The number of nitro groups is 1. The first-order chi connectivity index (χ1) is 8.49. The number of amides is 1. The standard InChI is InChI=1S/C11H10N2O5/c14-9-5-8(10(12-9)11(15)16)6-1-3-7(4-2-6)13(17)18/h1-4,8,10H,5H2,(H,12,14)(H,15,16). The van der Waals surface area contributed by atoms with Crippen LogP contribution in [-0.2, 0) is 9.59 Å². The lowest BCUT2D eigenvalue weighted by Gasteiger charge is -2.14. The zero-order valence-corrected chi connectivity index (χ0v) is 9.20. The molecule has 1 heterocycles. The molecule has 0 bridgehead atoms. The fourth-order valence-corrected chi connectivity index (χ4v) is 2.04. The molecule has 7 nitrogen and oxygen atoms in total. The van der Waals surface area contributed by atoms with E-state index in [2.05, 4.69) is 5.32 Å². The summed E-state index contributed by atoms with van der Waals surface area (Å²) in [5.74, 6) is -1.93. The maximum Gasteiger partial charge on any atom is 0.326 e. The van der Waals surface area contributed by atoms with Crippen molar-refractivity contribution in [1.29, 1.82) is 0 Å². The van der Waals surface area contributed by atoms with Gasteiger partial charge in [-0.05, 0) is 5.56 Å². The van der Waals surface area contributed by atoms with E-state index in [1.54, 1.807) is 0 Å². The van der Waals surface area contributed by atoms with Crippen LogP contribution < -0.4 is 5.32 Å². The fourth-order valence-electron chi connectivity index (χ4n) is 2.04.